The molecule has 0 radical (unpaired) electrons. The molecular formula is C7H5N7O2. The molecule has 80 valence electrons. The maximum absolute atomic E-state index is 5.48. The molecule has 0 bridgehead atoms. The summed E-state index contributed by atoms with van der Waals surface area (Å²) in [6, 6.07) is 0. The van der Waals surface area contributed by atoms with Crippen molar-refractivity contribution in [2.45, 2.75) is 0 Å². The molecule has 3 aromatic rings. The van der Waals surface area contributed by atoms with Crippen LogP contribution < -0.4 is 5.73 Å². The molecule has 0 unspecified atom stereocenters. The summed E-state index contributed by atoms with van der Waals surface area (Å²) in [6.45, 7) is 0. The van der Waals surface area contributed by atoms with Crippen LogP contribution in [0, 0.1) is 0 Å². The van der Waals surface area contributed by atoms with Crippen LogP contribution in [0.15, 0.2) is 21.5 Å². The van der Waals surface area contributed by atoms with Crippen LogP contribution in [0.5, 0.6) is 0 Å². The second-order valence-corrected chi connectivity index (χ2v) is 2.86. The maximum Gasteiger partial charge on any atom is 0.284 e. The Balaban J connectivity index is 2.03. The van der Waals surface area contributed by atoms with Gasteiger partial charge in [-0.15, -0.1) is 0 Å². The van der Waals surface area contributed by atoms with Gasteiger partial charge in [0.15, 0.2) is 5.82 Å². The molecule has 0 saturated heterocycles. The zero-order chi connectivity index (χ0) is 11.0. The summed E-state index contributed by atoms with van der Waals surface area (Å²) in [5, 5.41) is 10.7. The highest BCUT2D eigenvalue weighted by Gasteiger charge is 2.18. The van der Waals surface area contributed by atoms with E-state index in [0.717, 1.165) is 0 Å². The fourth-order valence-corrected chi connectivity index (χ4v) is 1.15. The van der Waals surface area contributed by atoms with E-state index in [1.54, 1.807) is 12.4 Å². The molecular weight excluding hydrogens is 214 g/mol. The van der Waals surface area contributed by atoms with Crippen molar-refractivity contribution < 1.29 is 9.15 Å². The smallest absolute Gasteiger partial charge is 0.284 e. The van der Waals surface area contributed by atoms with E-state index < -0.39 is 0 Å². The van der Waals surface area contributed by atoms with Crippen LogP contribution >= 0.6 is 0 Å². The van der Waals surface area contributed by atoms with Gasteiger partial charge in [0.25, 0.3) is 5.89 Å². The van der Waals surface area contributed by atoms with Crippen molar-refractivity contribution in [3.05, 3.63) is 12.4 Å². The van der Waals surface area contributed by atoms with Crippen LogP contribution in [0.1, 0.15) is 0 Å². The minimum atomic E-state index is 0.0923. The van der Waals surface area contributed by atoms with Gasteiger partial charge in [-0.25, -0.2) is 9.61 Å². The summed E-state index contributed by atoms with van der Waals surface area (Å²) in [7, 11) is 0. The molecule has 0 saturated carbocycles. The minimum absolute atomic E-state index is 0.0923. The van der Waals surface area contributed by atoms with Gasteiger partial charge in [0.05, 0.1) is 0 Å². The minimum Gasteiger partial charge on any atom is -0.379 e. The molecule has 0 aliphatic heterocycles. The number of rotatable bonds is 2. The van der Waals surface area contributed by atoms with Crippen molar-refractivity contribution in [2.75, 3.05) is 5.73 Å². The van der Waals surface area contributed by atoms with Crippen LogP contribution in [-0.2, 0) is 0 Å². The normalized spacial score (nSPS) is 10.8. The third-order valence-electron chi connectivity index (χ3n) is 1.85. The van der Waals surface area contributed by atoms with Gasteiger partial charge in [-0.2, -0.15) is 4.98 Å². The predicted molar refractivity (Wildman–Crippen MR) is 49.6 cm³/mol. The second-order valence-electron chi connectivity index (χ2n) is 2.86. The molecule has 0 atom stereocenters. The lowest BCUT2D eigenvalue weighted by molar-refractivity contribution is 0.308. The van der Waals surface area contributed by atoms with Crippen LogP contribution in [0.3, 0.4) is 0 Å². The van der Waals surface area contributed by atoms with Crippen molar-refractivity contribution in [1.82, 2.24) is 30.4 Å². The van der Waals surface area contributed by atoms with Crippen molar-refractivity contribution in [3.63, 3.8) is 0 Å². The fourth-order valence-electron chi connectivity index (χ4n) is 1.15. The van der Waals surface area contributed by atoms with Crippen LogP contribution in [0.2, 0.25) is 0 Å². The number of nitrogens with zero attached hydrogens (tertiary/aromatic N) is 5. The Morgan fingerprint density at radius 2 is 2.19 bits per heavy atom. The number of aromatic nitrogens is 6. The molecule has 0 aliphatic carbocycles. The molecule has 3 N–H and O–H groups in total. The van der Waals surface area contributed by atoms with E-state index >= 15 is 0 Å². The number of H-pyrrole nitrogens is 1. The first kappa shape index (κ1) is 8.59. The van der Waals surface area contributed by atoms with Crippen molar-refractivity contribution in [1.29, 1.82) is 0 Å². The van der Waals surface area contributed by atoms with Crippen LogP contribution in [-0.4, -0.2) is 30.4 Å². The molecule has 9 nitrogen and oxygen atoms in total. The van der Waals surface area contributed by atoms with Gasteiger partial charge in [0, 0.05) is 12.4 Å². The average Bonchev–Trinajstić information content (AvgIpc) is 2.96. The van der Waals surface area contributed by atoms with Gasteiger partial charge < -0.3 is 15.2 Å². The number of nitrogen functional groups attached to an aromatic ring is 1. The number of imidazole rings is 1. The Morgan fingerprint density at radius 3 is 2.88 bits per heavy atom. The van der Waals surface area contributed by atoms with Gasteiger partial charge in [0.1, 0.15) is 0 Å². The Kier molecular flexibility index (Phi) is 1.69. The van der Waals surface area contributed by atoms with Gasteiger partial charge >= 0.3 is 0 Å². The topological polar surface area (TPSA) is 133 Å². The Hall–Kier alpha value is -2.71. The molecule has 0 aliphatic rings. The van der Waals surface area contributed by atoms with Crippen LogP contribution in [0.25, 0.3) is 23.2 Å². The molecule has 16 heavy (non-hydrogen) atoms. The fraction of sp³-hybridized carbons (Fsp3) is 0. The van der Waals surface area contributed by atoms with Crippen molar-refractivity contribution >= 4 is 5.82 Å². The molecule has 3 rings (SSSR count). The largest absolute Gasteiger partial charge is 0.379 e. The first-order valence-electron chi connectivity index (χ1n) is 4.26. The summed E-state index contributed by atoms with van der Waals surface area (Å²) in [5.41, 5.74) is 5.70. The van der Waals surface area contributed by atoms with Crippen molar-refractivity contribution in [2.24, 2.45) is 0 Å². The van der Waals surface area contributed by atoms with Gasteiger partial charge in [-0.1, -0.05) is 5.16 Å². The first-order valence-corrected chi connectivity index (χ1v) is 4.26. The van der Waals surface area contributed by atoms with E-state index in [4.69, 9.17) is 10.3 Å². The van der Waals surface area contributed by atoms with E-state index in [2.05, 4.69) is 35.1 Å². The maximum atomic E-state index is 5.48. The molecule has 3 aromatic heterocycles. The molecule has 0 fully saturated rings. The summed E-state index contributed by atoms with van der Waals surface area (Å²) >= 11 is 0. The molecule has 0 aromatic carbocycles. The number of hydrogen-bond acceptors (Lipinski definition) is 8. The Labute approximate surface area is 87.6 Å². The third-order valence-corrected chi connectivity index (χ3v) is 1.85. The van der Waals surface area contributed by atoms with E-state index in [9.17, 15) is 0 Å². The van der Waals surface area contributed by atoms with E-state index in [1.165, 1.54) is 0 Å². The number of aromatic amines is 1. The van der Waals surface area contributed by atoms with Crippen LogP contribution in [0.4, 0.5) is 5.82 Å². The zero-order valence-corrected chi connectivity index (χ0v) is 7.78. The summed E-state index contributed by atoms with van der Waals surface area (Å²) in [6.07, 6.45) is 3.23. The number of anilines is 1. The monoisotopic (exact) mass is 219 g/mol. The number of hydrogen-bond donors (Lipinski definition) is 2. The first-order chi connectivity index (χ1) is 7.84. The highest BCUT2D eigenvalue weighted by atomic mass is 16.6. The third kappa shape index (κ3) is 1.22. The lowest BCUT2D eigenvalue weighted by Gasteiger charge is -1.83. The van der Waals surface area contributed by atoms with Gasteiger partial charge in [-0.3, -0.25) is 0 Å². The lowest BCUT2D eigenvalue weighted by atomic mass is 10.4. The standard InChI is InChI=1S/C7H5N7O2/c8-4-3(12-16-13-4)7-11-6(14-15-7)5-9-1-2-10-5/h1-2H,(H2,8,13)(H,9,10). The van der Waals surface area contributed by atoms with Gasteiger partial charge in [-0.05, 0) is 10.3 Å². The molecule has 9 heteroatoms. The number of nitrogens with one attached hydrogen (secondary N) is 1. The average molecular weight is 219 g/mol. The highest BCUT2D eigenvalue weighted by Crippen LogP contribution is 2.21. The predicted octanol–water partition coefficient (Wildman–Crippen LogP) is 0.0919. The molecule has 3 heterocycles. The van der Waals surface area contributed by atoms with E-state index in [0.29, 0.717) is 11.6 Å². The molecule has 0 spiro atoms. The van der Waals surface area contributed by atoms with E-state index in [-0.39, 0.29) is 17.4 Å². The van der Waals surface area contributed by atoms with Gasteiger partial charge in [0.2, 0.25) is 17.3 Å². The Morgan fingerprint density at radius 1 is 1.25 bits per heavy atom. The number of nitrogens with two attached hydrogens (primary N) is 1. The highest BCUT2D eigenvalue weighted by molar-refractivity contribution is 5.61. The zero-order valence-electron chi connectivity index (χ0n) is 7.78. The lowest BCUT2D eigenvalue weighted by Crippen LogP contribution is -1.88. The Bertz CT molecular complexity index is 596. The van der Waals surface area contributed by atoms with Crippen molar-refractivity contribution in [3.8, 4) is 23.2 Å². The summed E-state index contributed by atoms with van der Waals surface area (Å²) in [5.74, 6) is 1.02. The van der Waals surface area contributed by atoms with E-state index in [1.807, 2.05) is 0 Å². The molecule has 0 amide bonds. The summed E-state index contributed by atoms with van der Waals surface area (Å²) < 4.78 is 9.37. The second kappa shape index (κ2) is 3.15. The quantitative estimate of drug-likeness (QED) is 0.619. The summed E-state index contributed by atoms with van der Waals surface area (Å²) in [4.78, 5) is 10.9. The SMILES string of the molecule is Nc1nonc1-c1nc(-c2ncc[nH]2)no1.